The van der Waals surface area contributed by atoms with E-state index in [9.17, 15) is 17.6 Å². The van der Waals surface area contributed by atoms with Crippen molar-refractivity contribution in [2.45, 2.75) is 18.4 Å². The van der Waals surface area contributed by atoms with E-state index in [0.29, 0.717) is 28.5 Å². The van der Waals surface area contributed by atoms with Crippen molar-refractivity contribution < 1.29 is 22.3 Å². The lowest BCUT2D eigenvalue weighted by atomic mass is 10.3. The quantitative estimate of drug-likeness (QED) is 0.393. The van der Waals surface area contributed by atoms with Crippen molar-refractivity contribution >= 4 is 27.3 Å². The summed E-state index contributed by atoms with van der Waals surface area (Å²) >= 11 is 0. The molecule has 35 heavy (non-hydrogen) atoms. The molecular weight excluding hydrogens is 471 g/mol. The van der Waals surface area contributed by atoms with Crippen molar-refractivity contribution in [2.24, 2.45) is 0 Å². The number of sulfonamides is 1. The first-order chi connectivity index (χ1) is 16.7. The second kappa shape index (κ2) is 9.98. The summed E-state index contributed by atoms with van der Waals surface area (Å²) in [6.45, 7) is 1.57. The number of nitrogens with zero attached hydrogens (tertiary/aromatic N) is 3. The van der Waals surface area contributed by atoms with Gasteiger partial charge in [0.25, 0.3) is 10.0 Å². The highest BCUT2D eigenvalue weighted by Crippen LogP contribution is 2.25. The maximum Gasteiger partial charge on any atom is 0.264 e. The van der Waals surface area contributed by atoms with E-state index < -0.39 is 10.0 Å². The molecule has 0 saturated carbocycles. The Bertz CT molecular complexity index is 1440. The molecule has 0 bridgehead atoms. The summed E-state index contributed by atoms with van der Waals surface area (Å²) in [5.41, 5.74) is 2.23. The lowest BCUT2D eigenvalue weighted by Gasteiger charge is -2.20. The van der Waals surface area contributed by atoms with Crippen molar-refractivity contribution in [2.75, 3.05) is 16.7 Å². The Hall–Kier alpha value is -4.18. The van der Waals surface area contributed by atoms with E-state index in [1.54, 1.807) is 53.3 Å². The molecule has 1 heterocycles. The molecule has 0 aliphatic rings. The van der Waals surface area contributed by atoms with Gasteiger partial charge in [0.1, 0.15) is 23.9 Å². The van der Waals surface area contributed by atoms with Crippen LogP contribution in [0.15, 0.2) is 90.0 Å². The van der Waals surface area contributed by atoms with E-state index in [2.05, 4.69) is 10.4 Å². The van der Waals surface area contributed by atoms with Crippen LogP contribution >= 0.6 is 0 Å². The zero-order chi connectivity index (χ0) is 25.0. The molecule has 0 unspecified atom stereocenters. The van der Waals surface area contributed by atoms with E-state index in [-0.39, 0.29) is 23.2 Å². The molecule has 0 radical (unpaired) electrons. The molecule has 0 saturated heterocycles. The number of amides is 1. The van der Waals surface area contributed by atoms with Crippen LogP contribution in [0.3, 0.4) is 0 Å². The Balaban J connectivity index is 1.40. The number of carbonyl (C=O) groups excluding carboxylic acids is 1. The summed E-state index contributed by atoms with van der Waals surface area (Å²) in [4.78, 5) is 11.2. The molecule has 10 heteroatoms. The second-order valence-electron chi connectivity index (χ2n) is 7.69. The predicted molar refractivity (Wildman–Crippen MR) is 131 cm³/mol. The molecule has 0 aliphatic heterocycles. The van der Waals surface area contributed by atoms with Crippen molar-refractivity contribution in [3.05, 3.63) is 96.6 Å². The third kappa shape index (κ3) is 5.67. The molecule has 180 valence electrons. The van der Waals surface area contributed by atoms with E-state index >= 15 is 0 Å². The van der Waals surface area contributed by atoms with E-state index in [1.165, 1.54) is 54.7 Å². The minimum absolute atomic E-state index is 0.100. The van der Waals surface area contributed by atoms with E-state index in [1.807, 2.05) is 0 Å². The molecule has 4 rings (SSSR count). The summed E-state index contributed by atoms with van der Waals surface area (Å²) < 4.78 is 47.9. The summed E-state index contributed by atoms with van der Waals surface area (Å²) in [7, 11) is -2.33. The molecule has 1 aromatic heterocycles. The number of nitrogens with one attached hydrogen (secondary N) is 1. The van der Waals surface area contributed by atoms with E-state index in [0.717, 1.165) is 0 Å². The first kappa shape index (κ1) is 24.0. The second-order valence-corrected chi connectivity index (χ2v) is 9.66. The van der Waals surface area contributed by atoms with Gasteiger partial charge in [-0.3, -0.25) is 9.10 Å². The highest BCUT2D eigenvalue weighted by molar-refractivity contribution is 7.92. The standard InChI is InChI=1S/C25H23FN4O4S/c1-18(31)27-20-6-12-25(13-7-20)35(32,33)29(2)22-8-10-24(11-9-22)34-17-21-14-15-30(28-21)23-5-3-4-19(26)16-23/h3-16H,17H2,1-2H3,(H,27,31). The number of ether oxygens (including phenoxy) is 1. The molecule has 0 aliphatic carbocycles. The zero-order valence-electron chi connectivity index (χ0n) is 19.1. The summed E-state index contributed by atoms with van der Waals surface area (Å²) in [6, 6.07) is 20.5. The number of anilines is 2. The van der Waals surface area contributed by atoms with Crippen LogP contribution in [-0.2, 0) is 21.4 Å². The number of aromatic nitrogens is 2. The maximum atomic E-state index is 13.4. The molecule has 1 N–H and O–H groups in total. The van der Waals surface area contributed by atoms with Crippen molar-refractivity contribution in [1.82, 2.24) is 9.78 Å². The first-order valence-corrected chi connectivity index (χ1v) is 12.1. The van der Waals surface area contributed by atoms with Gasteiger partial charge >= 0.3 is 0 Å². The van der Waals surface area contributed by atoms with Crippen LogP contribution in [0, 0.1) is 5.82 Å². The Morgan fingerprint density at radius 2 is 1.77 bits per heavy atom. The number of hydrogen-bond acceptors (Lipinski definition) is 5. The minimum atomic E-state index is -3.79. The van der Waals surface area contributed by atoms with Gasteiger partial charge in [-0.25, -0.2) is 17.5 Å². The molecule has 0 fully saturated rings. The van der Waals surface area contributed by atoms with Gasteiger partial charge in [-0.2, -0.15) is 5.10 Å². The van der Waals surface area contributed by atoms with Gasteiger partial charge < -0.3 is 10.1 Å². The normalized spacial score (nSPS) is 11.2. The number of benzene rings is 3. The first-order valence-electron chi connectivity index (χ1n) is 10.6. The monoisotopic (exact) mass is 494 g/mol. The fourth-order valence-electron chi connectivity index (χ4n) is 3.32. The zero-order valence-corrected chi connectivity index (χ0v) is 19.9. The molecular formula is C25H23FN4O4S. The van der Waals surface area contributed by atoms with Crippen LogP contribution < -0.4 is 14.4 Å². The minimum Gasteiger partial charge on any atom is -0.487 e. The molecule has 4 aromatic rings. The van der Waals surface area contributed by atoms with Gasteiger partial charge in [-0.1, -0.05) is 6.07 Å². The number of rotatable bonds is 8. The Kier molecular flexibility index (Phi) is 6.83. The summed E-state index contributed by atoms with van der Waals surface area (Å²) in [5.74, 6) is -0.0376. The van der Waals surface area contributed by atoms with Crippen LogP contribution in [0.1, 0.15) is 12.6 Å². The SMILES string of the molecule is CC(=O)Nc1ccc(S(=O)(=O)N(C)c2ccc(OCc3ccn(-c4cccc(F)c4)n3)cc2)cc1. The third-order valence-corrected chi connectivity index (χ3v) is 6.94. The fourth-order valence-corrected chi connectivity index (χ4v) is 4.52. The van der Waals surface area contributed by atoms with Gasteiger partial charge in [0.2, 0.25) is 5.91 Å². The number of hydrogen-bond donors (Lipinski definition) is 1. The van der Waals surface area contributed by atoms with Crippen LogP contribution in [0.4, 0.5) is 15.8 Å². The smallest absolute Gasteiger partial charge is 0.264 e. The third-order valence-electron chi connectivity index (χ3n) is 5.14. The average Bonchev–Trinajstić information content (AvgIpc) is 3.32. The lowest BCUT2D eigenvalue weighted by Crippen LogP contribution is -2.26. The summed E-state index contributed by atoms with van der Waals surface area (Å²) in [6.07, 6.45) is 1.72. The highest BCUT2D eigenvalue weighted by Gasteiger charge is 2.21. The predicted octanol–water partition coefficient (Wildman–Crippen LogP) is 4.37. The van der Waals surface area contributed by atoms with Gasteiger partial charge in [-0.15, -0.1) is 0 Å². The molecule has 8 nitrogen and oxygen atoms in total. The topological polar surface area (TPSA) is 93.5 Å². The van der Waals surface area contributed by atoms with Gasteiger partial charge in [0, 0.05) is 25.9 Å². The van der Waals surface area contributed by atoms with Crippen LogP contribution in [-0.4, -0.2) is 31.2 Å². The van der Waals surface area contributed by atoms with Crippen molar-refractivity contribution in [1.29, 1.82) is 0 Å². The average molecular weight is 495 g/mol. The maximum absolute atomic E-state index is 13.4. The fraction of sp³-hybridized carbons (Fsp3) is 0.120. The lowest BCUT2D eigenvalue weighted by molar-refractivity contribution is -0.114. The number of halogens is 1. The van der Waals surface area contributed by atoms with Crippen LogP contribution in [0.5, 0.6) is 5.75 Å². The Morgan fingerprint density at radius 3 is 2.43 bits per heavy atom. The number of carbonyl (C=O) groups is 1. The largest absolute Gasteiger partial charge is 0.487 e. The van der Waals surface area contributed by atoms with Crippen molar-refractivity contribution in [3.63, 3.8) is 0 Å². The highest BCUT2D eigenvalue weighted by atomic mass is 32.2. The molecule has 0 atom stereocenters. The van der Waals surface area contributed by atoms with Crippen LogP contribution in [0.2, 0.25) is 0 Å². The van der Waals surface area contributed by atoms with E-state index in [4.69, 9.17) is 4.74 Å². The Labute approximate surface area is 202 Å². The molecule has 0 spiro atoms. The Morgan fingerprint density at radius 1 is 1.06 bits per heavy atom. The van der Waals surface area contributed by atoms with Gasteiger partial charge in [0.05, 0.1) is 16.3 Å². The van der Waals surface area contributed by atoms with Crippen molar-refractivity contribution in [3.8, 4) is 11.4 Å². The van der Waals surface area contributed by atoms with Gasteiger partial charge in [-0.05, 0) is 72.8 Å². The van der Waals surface area contributed by atoms with Gasteiger partial charge in [0.15, 0.2) is 0 Å². The molecule has 1 amide bonds. The van der Waals surface area contributed by atoms with Crippen LogP contribution in [0.25, 0.3) is 5.69 Å². The summed E-state index contributed by atoms with van der Waals surface area (Å²) in [5, 5.41) is 6.99. The molecule has 3 aromatic carbocycles.